The molecule has 0 fully saturated rings. The highest BCUT2D eigenvalue weighted by Crippen LogP contribution is 2.22. The molecule has 0 aliphatic carbocycles. The van der Waals surface area contributed by atoms with Crippen molar-refractivity contribution in [3.63, 3.8) is 0 Å². The lowest BCUT2D eigenvalue weighted by atomic mass is 10.1. The van der Waals surface area contributed by atoms with Crippen LogP contribution in [0, 0.1) is 0 Å². The number of nitrogens with zero attached hydrogens (tertiary/aromatic N) is 1. The topological polar surface area (TPSA) is 69.6 Å². The lowest BCUT2D eigenvalue weighted by molar-refractivity contribution is 0.177. The molecule has 0 aromatic heterocycles. The summed E-state index contributed by atoms with van der Waals surface area (Å²) in [6, 6.07) is 5.26. The predicted octanol–water partition coefficient (Wildman–Crippen LogP) is 0.681. The quantitative estimate of drug-likeness (QED) is 0.834. The zero-order valence-electron chi connectivity index (χ0n) is 11.3. The monoisotopic (exact) mass is 284 g/mol. The van der Waals surface area contributed by atoms with Crippen LogP contribution >= 0.6 is 0 Å². The molecule has 1 aromatic carbocycles. The molecular weight excluding hydrogens is 264 g/mol. The van der Waals surface area contributed by atoms with Gasteiger partial charge in [-0.15, -0.1) is 0 Å². The van der Waals surface area contributed by atoms with Crippen molar-refractivity contribution in [2.45, 2.75) is 37.4 Å². The molecule has 1 aliphatic rings. The molecule has 0 saturated carbocycles. The average Bonchev–Trinajstić information content (AvgIpc) is 2.82. The van der Waals surface area contributed by atoms with Gasteiger partial charge in [0.2, 0.25) is 10.0 Å². The Kier molecular flexibility index (Phi) is 4.25. The minimum Gasteiger partial charge on any atom is -0.393 e. The molecule has 0 spiro atoms. The van der Waals surface area contributed by atoms with Crippen LogP contribution in [0.3, 0.4) is 0 Å². The average molecular weight is 284 g/mol. The summed E-state index contributed by atoms with van der Waals surface area (Å²) in [6.07, 6.45) is -0.0655. The van der Waals surface area contributed by atoms with E-state index in [1.54, 1.807) is 26.1 Å². The Labute approximate surface area is 114 Å². The minimum absolute atomic E-state index is 0.315. The van der Waals surface area contributed by atoms with Gasteiger partial charge in [-0.05, 0) is 36.6 Å². The van der Waals surface area contributed by atoms with Crippen molar-refractivity contribution in [1.82, 2.24) is 9.62 Å². The Bertz CT molecular complexity index is 555. The number of fused-ring (bicyclic) bond motifs is 1. The molecule has 1 aromatic rings. The predicted molar refractivity (Wildman–Crippen MR) is 73.1 cm³/mol. The lowest BCUT2D eigenvalue weighted by Crippen LogP contribution is -2.29. The fourth-order valence-corrected chi connectivity index (χ4v) is 3.34. The molecule has 1 heterocycles. The zero-order valence-corrected chi connectivity index (χ0v) is 12.1. The van der Waals surface area contributed by atoms with Crippen LogP contribution in [0.15, 0.2) is 23.1 Å². The van der Waals surface area contributed by atoms with Gasteiger partial charge in [0.15, 0.2) is 0 Å². The summed E-state index contributed by atoms with van der Waals surface area (Å²) in [6.45, 7) is 3.49. The van der Waals surface area contributed by atoms with Crippen molar-refractivity contribution in [3.8, 4) is 0 Å². The van der Waals surface area contributed by atoms with Crippen molar-refractivity contribution >= 4 is 10.0 Å². The Morgan fingerprint density at radius 1 is 1.37 bits per heavy atom. The molecule has 0 radical (unpaired) electrons. The number of rotatable bonds is 5. The van der Waals surface area contributed by atoms with Gasteiger partial charge in [-0.1, -0.05) is 6.07 Å². The number of hydrogen-bond acceptors (Lipinski definition) is 4. The van der Waals surface area contributed by atoms with Gasteiger partial charge in [0, 0.05) is 26.7 Å². The normalized spacial score (nSPS) is 16.6. The molecule has 0 amide bonds. The number of aliphatic hydroxyl groups is 1. The highest BCUT2D eigenvalue weighted by molar-refractivity contribution is 7.89. The summed E-state index contributed by atoms with van der Waals surface area (Å²) in [4.78, 5) is 0.322. The number of nitrogens with one attached hydrogen (secondary N) is 1. The van der Waals surface area contributed by atoms with E-state index in [1.807, 2.05) is 6.07 Å². The van der Waals surface area contributed by atoms with Gasteiger partial charge in [0.05, 0.1) is 11.0 Å². The largest absolute Gasteiger partial charge is 0.393 e. The third-order valence-electron chi connectivity index (χ3n) is 3.38. The van der Waals surface area contributed by atoms with Crippen LogP contribution in [0.1, 0.15) is 24.5 Å². The summed E-state index contributed by atoms with van der Waals surface area (Å²) in [5, 5.41) is 12.4. The molecule has 5 nitrogen and oxygen atoms in total. The van der Waals surface area contributed by atoms with E-state index >= 15 is 0 Å². The van der Waals surface area contributed by atoms with Crippen LogP contribution in [0.5, 0.6) is 0 Å². The van der Waals surface area contributed by atoms with Crippen molar-refractivity contribution in [1.29, 1.82) is 0 Å². The van der Waals surface area contributed by atoms with Gasteiger partial charge in [0.1, 0.15) is 0 Å². The molecule has 1 atom stereocenters. The summed E-state index contributed by atoms with van der Waals surface area (Å²) < 4.78 is 26.0. The maximum Gasteiger partial charge on any atom is 0.242 e. The molecule has 1 unspecified atom stereocenters. The minimum atomic E-state index is -3.46. The summed E-state index contributed by atoms with van der Waals surface area (Å²) in [7, 11) is -1.92. The first-order chi connectivity index (χ1) is 8.91. The third-order valence-corrected chi connectivity index (χ3v) is 5.23. The van der Waals surface area contributed by atoms with Crippen LogP contribution in [0.4, 0.5) is 0 Å². The van der Waals surface area contributed by atoms with Crippen LogP contribution in [-0.2, 0) is 23.1 Å². The van der Waals surface area contributed by atoms with Gasteiger partial charge in [0.25, 0.3) is 0 Å². The van der Waals surface area contributed by atoms with Crippen molar-refractivity contribution in [2.24, 2.45) is 0 Å². The lowest BCUT2D eigenvalue weighted by Gasteiger charge is -2.18. The Morgan fingerprint density at radius 3 is 2.74 bits per heavy atom. The SMILES string of the molecule is CC(O)CCN(C)S(=O)(=O)c1ccc2c(c1)CNC2. The number of benzene rings is 1. The van der Waals surface area contributed by atoms with E-state index in [-0.39, 0.29) is 0 Å². The second-order valence-electron chi connectivity index (χ2n) is 5.00. The van der Waals surface area contributed by atoms with E-state index in [2.05, 4.69) is 5.32 Å². The van der Waals surface area contributed by atoms with Crippen molar-refractivity contribution in [3.05, 3.63) is 29.3 Å². The second kappa shape index (κ2) is 5.58. The third kappa shape index (κ3) is 3.14. The molecule has 106 valence electrons. The van der Waals surface area contributed by atoms with Gasteiger partial charge in [-0.25, -0.2) is 12.7 Å². The fourth-order valence-electron chi connectivity index (χ4n) is 2.10. The summed E-state index contributed by atoms with van der Waals surface area (Å²) >= 11 is 0. The van der Waals surface area contributed by atoms with Crippen molar-refractivity contribution in [2.75, 3.05) is 13.6 Å². The zero-order chi connectivity index (χ0) is 14.0. The second-order valence-corrected chi connectivity index (χ2v) is 7.04. The summed E-state index contributed by atoms with van der Waals surface area (Å²) in [5.41, 5.74) is 2.20. The maximum atomic E-state index is 12.4. The van der Waals surface area contributed by atoms with Gasteiger partial charge < -0.3 is 10.4 Å². The van der Waals surface area contributed by atoms with E-state index in [4.69, 9.17) is 0 Å². The first-order valence-corrected chi connectivity index (χ1v) is 7.82. The molecule has 19 heavy (non-hydrogen) atoms. The van der Waals surface area contributed by atoms with E-state index < -0.39 is 16.1 Å². The van der Waals surface area contributed by atoms with Crippen LogP contribution in [0.2, 0.25) is 0 Å². The first kappa shape index (κ1) is 14.5. The summed E-state index contributed by atoms with van der Waals surface area (Å²) in [5.74, 6) is 0. The highest BCUT2D eigenvalue weighted by Gasteiger charge is 2.22. The number of sulfonamides is 1. The molecule has 2 rings (SSSR count). The van der Waals surface area contributed by atoms with Crippen LogP contribution in [0.25, 0.3) is 0 Å². The Morgan fingerprint density at radius 2 is 2.05 bits per heavy atom. The van der Waals surface area contributed by atoms with E-state index in [0.29, 0.717) is 17.9 Å². The number of aliphatic hydroxyl groups excluding tert-OH is 1. The van der Waals surface area contributed by atoms with E-state index in [0.717, 1.165) is 24.2 Å². The van der Waals surface area contributed by atoms with Crippen LogP contribution < -0.4 is 5.32 Å². The molecule has 0 bridgehead atoms. The first-order valence-electron chi connectivity index (χ1n) is 6.38. The standard InChI is InChI=1S/C13H20N2O3S/c1-10(16)5-6-15(2)19(17,18)13-4-3-11-8-14-9-12(11)7-13/h3-4,7,10,14,16H,5-6,8-9H2,1-2H3. The van der Waals surface area contributed by atoms with E-state index in [1.165, 1.54) is 4.31 Å². The van der Waals surface area contributed by atoms with Crippen LogP contribution in [-0.4, -0.2) is 37.5 Å². The molecule has 2 N–H and O–H groups in total. The van der Waals surface area contributed by atoms with E-state index in [9.17, 15) is 13.5 Å². The Balaban J connectivity index is 2.19. The number of hydrogen-bond donors (Lipinski definition) is 2. The maximum absolute atomic E-state index is 12.4. The van der Waals surface area contributed by atoms with Crippen molar-refractivity contribution < 1.29 is 13.5 Å². The molecule has 1 aliphatic heterocycles. The fraction of sp³-hybridized carbons (Fsp3) is 0.538. The molecule has 6 heteroatoms. The Hall–Kier alpha value is -0.950. The van der Waals surface area contributed by atoms with Gasteiger partial charge >= 0.3 is 0 Å². The van der Waals surface area contributed by atoms with Gasteiger partial charge in [-0.2, -0.15) is 0 Å². The van der Waals surface area contributed by atoms with Gasteiger partial charge in [-0.3, -0.25) is 0 Å². The smallest absolute Gasteiger partial charge is 0.242 e. The highest BCUT2D eigenvalue weighted by atomic mass is 32.2. The molecular formula is C13H20N2O3S. The molecule has 0 saturated heterocycles.